The molecule has 0 atom stereocenters. The number of benzene rings is 4. The SMILES string of the molecule is Cc1cc(Oc2cc(C)c(C(=O)C=Cc3ccc(-n4cccc4)cc3)c(Cl)c2Cl)c(Cl)c(Cl)c1C(=O)C=Cc1ccc(-n2cccc2)cc1. The Morgan fingerprint density at radius 3 is 1.24 bits per heavy atom. The smallest absolute Gasteiger partial charge is 0.187 e. The third-order valence-corrected chi connectivity index (χ3v) is 9.60. The number of allylic oxidation sites excluding steroid dienone is 2. The fourth-order valence-corrected chi connectivity index (χ4v) is 6.40. The number of carbonyl (C=O) groups is 2. The highest BCUT2D eigenvalue weighted by Crippen LogP contribution is 2.44. The molecule has 0 amide bonds. The van der Waals surface area contributed by atoms with Crippen LogP contribution in [0, 0.1) is 13.8 Å². The highest BCUT2D eigenvalue weighted by molar-refractivity contribution is 6.46. The first-order valence-corrected chi connectivity index (χ1v) is 16.7. The van der Waals surface area contributed by atoms with Crippen LogP contribution in [0.3, 0.4) is 0 Å². The first-order valence-electron chi connectivity index (χ1n) is 15.2. The number of halogens is 4. The second-order valence-corrected chi connectivity index (χ2v) is 12.8. The zero-order valence-electron chi connectivity index (χ0n) is 26.3. The zero-order chi connectivity index (χ0) is 34.7. The molecule has 2 heterocycles. The second kappa shape index (κ2) is 14.8. The van der Waals surface area contributed by atoms with E-state index in [0.717, 1.165) is 22.5 Å². The van der Waals surface area contributed by atoms with Gasteiger partial charge in [-0.05, 0) is 109 Å². The van der Waals surface area contributed by atoms with E-state index in [1.165, 1.54) is 12.2 Å². The van der Waals surface area contributed by atoms with Crippen LogP contribution in [0.25, 0.3) is 23.5 Å². The molecule has 0 bridgehead atoms. The summed E-state index contributed by atoms with van der Waals surface area (Å²) in [6.07, 6.45) is 14.2. The first-order chi connectivity index (χ1) is 23.6. The van der Waals surface area contributed by atoms with Crippen LogP contribution in [0.2, 0.25) is 20.1 Å². The molecule has 0 N–H and O–H groups in total. The van der Waals surface area contributed by atoms with E-state index in [1.807, 2.05) is 107 Å². The molecule has 0 aliphatic heterocycles. The van der Waals surface area contributed by atoms with Gasteiger partial charge in [0.2, 0.25) is 0 Å². The number of aromatic nitrogens is 2. The molecule has 0 saturated carbocycles. The maximum atomic E-state index is 13.2. The lowest BCUT2D eigenvalue weighted by Gasteiger charge is -2.16. The van der Waals surface area contributed by atoms with Crippen molar-refractivity contribution in [1.29, 1.82) is 0 Å². The lowest BCUT2D eigenvalue weighted by atomic mass is 10.0. The summed E-state index contributed by atoms with van der Waals surface area (Å²) in [5.74, 6) is -0.250. The average molecular weight is 726 g/mol. The molecule has 6 rings (SSSR count). The lowest BCUT2D eigenvalue weighted by molar-refractivity contribution is 0.103. The summed E-state index contributed by atoms with van der Waals surface area (Å²) in [5.41, 5.74) is 5.35. The van der Waals surface area contributed by atoms with E-state index in [9.17, 15) is 9.59 Å². The third-order valence-electron chi connectivity index (χ3n) is 7.90. The van der Waals surface area contributed by atoms with Crippen molar-refractivity contribution >= 4 is 70.1 Å². The largest absolute Gasteiger partial charge is 0.454 e. The number of ether oxygens (including phenoxy) is 1. The van der Waals surface area contributed by atoms with E-state index < -0.39 is 0 Å². The van der Waals surface area contributed by atoms with E-state index in [-0.39, 0.29) is 54.3 Å². The highest BCUT2D eigenvalue weighted by Gasteiger charge is 2.23. The Labute approximate surface area is 304 Å². The van der Waals surface area contributed by atoms with Crippen LogP contribution in [0.5, 0.6) is 11.5 Å². The monoisotopic (exact) mass is 724 g/mol. The highest BCUT2D eigenvalue weighted by atomic mass is 35.5. The van der Waals surface area contributed by atoms with Gasteiger partial charge in [0.1, 0.15) is 21.5 Å². The summed E-state index contributed by atoms with van der Waals surface area (Å²) >= 11 is 26.5. The van der Waals surface area contributed by atoms with Gasteiger partial charge in [0.15, 0.2) is 11.6 Å². The Kier molecular flexibility index (Phi) is 10.3. The molecule has 5 nitrogen and oxygen atoms in total. The van der Waals surface area contributed by atoms with Crippen LogP contribution in [0.4, 0.5) is 0 Å². The van der Waals surface area contributed by atoms with Crippen LogP contribution in [0.1, 0.15) is 43.0 Å². The zero-order valence-corrected chi connectivity index (χ0v) is 29.4. The van der Waals surface area contributed by atoms with E-state index in [1.54, 1.807) is 38.1 Å². The molecule has 0 aliphatic rings. The van der Waals surface area contributed by atoms with E-state index >= 15 is 0 Å². The minimum Gasteiger partial charge on any atom is -0.454 e. The molecule has 6 aromatic rings. The Bertz CT molecular complexity index is 2060. The summed E-state index contributed by atoms with van der Waals surface area (Å²) < 4.78 is 10.1. The van der Waals surface area contributed by atoms with Crippen molar-refractivity contribution in [1.82, 2.24) is 9.13 Å². The molecule has 4 aromatic carbocycles. The van der Waals surface area contributed by atoms with Crippen molar-refractivity contribution in [3.05, 3.63) is 175 Å². The molecule has 0 fully saturated rings. The molecular weight excluding hydrogens is 698 g/mol. The Morgan fingerprint density at radius 1 is 0.551 bits per heavy atom. The number of aryl methyl sites for hydroxylation is 2. The summed E-state index contributed by atoms with van der Waals surface area (Å²) in [6, 6.07) is 26.6. The van der Waals surface area contributed by atoms with Gasteiger partial charge in [-0.25, -0.2) is 0 Å². The first kappa shape index (κ1) is 34.1. The van der Waals surface area contributed by atoms with Crippen LogP contribution < -0.4 is 4.74 Å². The topological polar surface area (TPSA) is 53.2 Å². The molecule has 0 aliphatic carbocycles. The maximum Gasteiger partial charge on any atom is 0.187 e. The van der Waals surface area contributed by atoms with Crippen LogP contribution in [-0.2, 0) is 0 Å². The van der Waals surface area contributed by atoms with Crippen molar-refractivity contribution < 1.29 is 14.3 Å². The van der Waals surface area contributed by atoms with Crippen molar-refractivity contribution in [2.45, 2.75) is 13.8 Å². The van der Waals surface area contributed by atoms with Gasteiger partial charge in [0.25, 0.3) is 0 Å². The molecule has 2 aromatic heterocycles. The molecule has 244 valence electrons. The Balaban J connectivity index is 1.18. The molecule has 0 unspecified atom stereocenters. The van der Waals surface area contributed by atoms with Crippen LogP contribution >= 0.6 is 46.4 Å². The summed E-state index contributed by atoms with van der Waals surface area (Å²) in [6.45, 7) is 3.48. The fourth-order valence-electron chi connectivity index (χ4n) is 5.36. The third kappa shape index (κ3) is 7.46. The molecule has 9 heteroatoms. The molecule has 0 radical (unpaired) electrons. The number of ketones is 2. The van der Waals surface area contributed by atoms with Gasteiger partial charge < -0.3 is 13.9 Å². The van der Waals surface area contributed by atoms with Gasteiger partial charge in [0, 0.05) is 47.3 Å². The predicted molar refractivity (Wildman–Crippen MR) is 201 cm³/mol. The molecule has 0 saturated heterocycles. The van der Waals surface area contributed by atoms with E-state index in [2.05, 4.69) is 0 Å². The quantitative estimate of drug-likeness (QED) is 0.104. The number of hydrogen-bond acceptors (Lipinski definition) is 3. The number of rotatable bonds is 10. The van der Waals surface area contributed by atoms with Crippen molar-refractivity contribution in [2.75, 3.05) is 0 Å². The average Bonchev–Trinajstić information content (AvgIpc) is 3.84. The predicted octanol–water partition coefficient (Wildman–Crippen LogP) is 12.1. The van der Waals surface area contributed by atoms with Crippen molar-refractivity contribution in [3.8, 4) is 22.9 Å². The number of carbonyl (C=O) groups excluding carboxylic acids is 2. The van der Waals surface area contributed by atoms with E-state index in [0.29, 0.717) is 11.1 Å². The Hall–Kier alpha value is -4.78. The molecular formula is C40H28Cl4N2O3. The normalized spacial score (nSPS) is 11.5. The summed E-state index contributed by atoms with van der Waals surface area (Å²) in [7, 11) is 0. The lowest BCUT2D eigenvalue weighted by Crippen LogP contribution is -2.03. The summed E-state index contributed by atoms with van der Waals surface area (Å²) in [5, 5.41) is 0.171. The number of hydrogen-bond donors (Lipinski definition) is 0. The molecule has 49 heavy (non-hydrogen) atoms. The molecule has 0 spiro atoms. The standard InChI is InChI=1S/C40H28Cl4N2O3/c1-25-23-33(37(41)39(43)35(25)31(47)17-11-27-7-13-29(14-8-27)45-19-3-4-20-45)49-34-24-26(2)36(40(44)38(34)42)32(48)18-12-28-9-15-30(16-10-28)46-21-5-6-22-46/h3-24H,1-2H3. The van der Waals surface area contributed by atoms with E-state index in [4.69, 9.17) is 51.1 Å². The second-order valence-electron chi connectivity index (χ2n) is 11.3. The Morgan fingerprint density at radius 2 is 0.898 bits per heavy atom. The number of nitrogens with zero attached hydrogens (tertiary/aromatic N) is 2. The van der Waals surface area contributed by atoms with Gasteiger partial charge in [-0.15, -0.1) is 0 Å². The van der Waals surface area contributed by atoms with Gasteiger partial charge in [0.05, 0.1) is 10.0 Å². The van der Waals surface area contributed by atoms with Crippen molar-refractivity contribution in [3.63, 3.8) is 0 Å². The minimum absolute atomic E-state index is 0.0378. The maximum absolute atomic E-state index is 13.2. The van der Waals surface area contributed by atoms with Crippen LogP contribution in [0.15, 0.2) is 122 Å². The fraction of sp³-hybridized carbons (Fsp3) is 0.0500. The van der Waals surface area contributed by atoms with Crippen molar-refractivity contribution in [2.24, 2.45) is 0 Å². The van der Waals surface area contributed by atoms with Gasteiger partial charge in [-0.3, -0.25) is 9.59 Å². The van der Waals surface area contributed by atoms with Gasteiger partial charge >= 0.3 is 0 Å². The van der Waals surface area contributed by atoms with Gasteiger partial charge in [-0.2, -0.15) is 0 Å². The van der Waals surface area contributed by atoms with Gasteiger partial charge in [-0.1, -0.05) is 82.8 Å². The minimum atomic E-state index is -0.310. The summed E-state index contributed by atoms with van der Waals surface area (Å²) in [4.78, 5) is 26.5. The van der Waals surface area contributed by atoms with Crippen LogP contribution in [-0.4, -0.2) is 20.7 Å².